The van der Waals surface area contributed by atoms with Crippen LogP contribution in [0.2, 0.25) is 0 Å². The summed E-state index contributed by atoms with van der Waals surface area (Å²) in [6.07, 6.45) is 3.72. The van der Waals surface area contributed by atoms with Gasteiger partial charge in [-0.15, -0.1) is 0 Å². The number of hydrogen-bond acceptors (Lipinski definition) is 6. The first-order valence-electron chi connectivity index (χ1n) is 10.3. The second kappa shape index (κ2) is 10.7. The van der Waals surface area contributed by atoms with Gasteiger partial charge in [-0.05, 0) is 47.9 Å². The number of nitrogens with zero attached hydrogens (tertiary/aromatic N) is 1. The van der Waals surface area contributed by atoms with Crippen LogP contribution in [0, 0.1) is 0 Å². The minimum Gasteiger partial charge on any atom is -0.480 e. The van der Waals surface area contributed by atoms with Gasteiger partial charge in [0.1, 0.15) is 15.9 Å². The molecule has 1 heterocycles. The van der Waals surface area contributed by atoms with Crippen molar-refractivity contribution in [1.29, 1.82) is 0 Å². The summed E-state index contributed by atoms with van der Waals surface area (Å²) in [6, 6.07) is 15.4. The minimum absolute atomic E-state index is 0.177. The number of aliphatic carboxylic acids is 1. The molecule has 0 saturated heterocycles. The summed E-state index contributed by atoms with van der Waals surface area (Å²) in [6.45, 7) is 0. The molecule has 0 aliphatic rings. The molecule has 3 N–H and O–H groups in total. The van der Waals surface area contributed by atoms with Crippen molar-refractivity contribution in [1.82, 2.24) is 10.3 Å². The number of anilines is 1. The predicted molar refractivity (Wildman–Crippen MR) is 127 cm³/mol. The van der Waals surface area contributed by atoms with E-state index in [4.69, 9.17) is 0 Å². The monoisotopic (exact) mass is 481 g/mol. The summed E-state index contributed by atoms with van der Waals surface area (Å²) in [5, 5.41) is 14.6. The van der Waals surface area contributed by atoms with Crippen molar-refractivity contribution < 1.29 is 27.9 Å². The molecule has 3 aromatic rings. The van der Waals surface area contributed by atoms with Gasteiger partial charge in [0.05, 0.1) is 11.3 Å². The number of pyridine rings is 1. The van der Waals surface area contributed by atoms with Gasteiger partial charge in [-0.3, -0.25) is 14.6 Å². The molecular weight excluding hydrogens is 458 g/mol. The molecule has 176 valence electrons. The Bertz CT molecular complexity index is 1290. The predicted octanol–water partition coefficient (Wildman–Crippen LogP) is 2.62. The summed E-state index contributed by atoms with van der Waals surface area (Å²) in [5.74, 6) is -2.77. The van der Waals surface area contributed by atoms with Gasteiger partial charge in [0.15, 0.2) is 0 Å². The Hall–Kier alpha value is -4.05. The number of hydrogen-bond donors (Lipinski definition) is 3. The zero-order chi connectivity index (χ0) is 24.7. The normalized spacial score (nSPS) is 11.9. The van der Waals surface area contributed by atoms with Gasteiger partial charge < -0.3 is 15.7 Å². The van der Waals surface area contributed by atoms with Crippen molar-refractivity contribution in [2.45, 2.75) is 12.5 Å². The Morgan fingerprint density at radius 1 is 1.00 bits per heavy atom. The molecule has 2 aromatic carbocycles. The summed E-state index contributed by atoms with van der Waals surface area (Å²) in [7, 11) is -3.40. The van der Waals surface area contributed by atoms with Gasteiger partial charge in [-0.1, -0.05) is 30.3 Å². The van der Waals surface area contributed by atoms with Crippen LogP contribution in [0.3, 0.4) is 0 Å². The van der Waals surface area contributed by atoms with Crippen LogP contribution in [-0.2, 0) is 14.6 Å². The van der Waals surface area contributed by atoms with Gasteiger partial charge >= 0.3 is 5.97 Å². The summed E-state index contributed by atoms with van der Waals surface area (Å²) in [5.41, 5.74) is 2.11. The van der Waals surface area contributed by atoms with E-state index in [1.807, 2.05) is 6.07 Å². The van der Waals surface area contributed by atoms with Crippen LogP contribution in [0.1, 0.15) is 27.1 Å². The van der Waals surface area contributed by atoms with Gasteiger partial charge in [0.25, 0.3) is 11.8 Å². The molecule has 1 aromatic heterocycles. The third kappa shape index (κ3) is 6.72. The van der Waals surface area contributed by atoms with E-state index in [9.17, 15) is 27.9 Å². The molecule has 0 fully saturated rings. The van der Waals surface area contributed by atoms with Crippen LogP contribution in [0.25, 0.3) is 11.1 Å². The molecule has 1 unspecified atom stereocenters. The van der Waals surface area contributed by atoms with E-state index in [1.54, 1.807) is 48.7 Å². The average molecular weight is 482 g/mol. The highest BCUT2D eigenvalue weighted by molar-refractivity contribution is 7.90. The maximum atomic E-state index is 13.0. The standard InChI is InChI=1S/C24H23N3O6S/c1-34(32,33)13-11-21(24(30)31)27-23(29)19-10-9-18(14-20(19)16-6-3-2-4-7-16)26-22(28)17-8-5-12-25-15-17/h2-10,12,14-15,21H,11,13H2,1H3,(H,26,28)(H,27,29)(H,30,31). The number of amides is 2. The quantitative estimate of drug-likeness (QED) is 0.426. The molecule has 34 heavy (non-hydrogen) atoms. The Kier molecular flexibility index (Phi) is 7.75. The van der Waals surface area contributed by atoms with Crippen LogP contribution < -0.4 is 10.6 Å². The smallest absolute Gasteiger partial charge is 0.326 e. The SMILES string of the molecule is CS(=O)(=O)CCC(NC(=O)c1ccc(NC(=O)c2cccnc2)cc1-c1ccccc1)C(=O)O. The van der Waals surface area contributed by atoms with E-state index in [0.29, 0.717) is 22.4 Å². The van der Waals surface area contributed by atoms with Gasteiger partial charge in [-0.25, -0.2) is 13.2 Å². The molecule has 0 saturated carbocycles. The lowest BCUT2D eigenvalue weighted by molar-refractivity contribution is -0.139. The zero-order valence-corrected chi connectivity index (χ0v) is 19.1. The maximum Gasteiger partial charge on any atom is 0.326 e. The summed E-state index contributed by atoms with van der Waals surface area (Å²) >= 11 is 0. The van der Waals surface area contributed by atoms with E-state index < -0.39 is 27.8 Å². The highest BCUT2D eigenvalue weighted by Crippen LogP contribution is 2.27. The topological polar surface area (TPSA) is 143 Å². The van der Waals surface area contributed by atoms with Crippen molar-refractivity contribution in [2.75, 3.05) is 17.3 Å². The van der Waals surface area contributed by atoms with Gasteiger partial charge in [0, 0.05) is 29.9 Å². The molecule has 2 amide bonds. The fourth-order valence-electron chi connectivity index (χ4n) is 3.20. The number of carboxylic acids is 1. The summed E-state index contributed by atoms with van der Waals surface area (Å²) < 4.78 is 22.9. The molecule has 10 heteroatoms. The number of benzene rings is 2. The Labute approximate surface area is 196 Å². The van der Waals surface area contributed by atoms with Crippen molar-refractivity contribution in [3.05, 3.63) is 84.2 Å². The van der Waals surface area contributed by atoms with Gasteiger partial charge in [0.2, 0.25) is 0 Å². The van der Waals surface area contributed by atoms with E-state index in [2.05, 4.69) is 15.6 Å². The first-order valence-corrected chi connectivity index (χ1v) is 12.3. The first-order chi connectivity index (χ1) is 16.1. The third-order valence-corrected chi connectivity index (χ3v) is 5.89. The van der Waals surface area contributed by atoms with Crippen LogP contribution in [0.15, 0.2) is 73.1 Å². The van der Waals surface area contributed by atoms with Crippen molar-refractivity contribution in [3.8, 4) is 11.1 Å². The molecular formula is C24H23N3O6S. The fraction of sp³-hybridized carbons (Fsp3) is 0.167. The van der Waals surface area contributed by atoms with E-state index in [0.717, 1.165) is 6.26 Å². The maximum absolute atomic E-state index is 13.0. The van der Waals surface area contributed by atoms with Gasteiger partial charge in [-0.2, -0.15) is 0 Å². The van der Waals surface area contributed by atoms with Crippen LogP contribution in [-0.4, -0.2) is 54.3 Å². The average Bonchev–Trinajstić information content (AvgIpc) is 2.82. The lowest BCUT2D eigenvalue weighted by atomic mass is 9.98. The molecule has 0 radical (unpaired) electrons. The lowest BCUT2D eigenvalue weighted by Gasteiger charge is -2.17. The number of sulfone groups is 1. The molecule has 0 aliphatic heterocycles. The number of nitrogens with one attached hydrogen (secondary N) is 2. The van der Waals surface area contributed by atoms with Crippen LogP contribution in [0.4, 0.5) is 5.69 Å². The minimum atomic E-state index is -3.40. The molecule has 9 nitrogen and oxygen atoms in total. The zero-order valence-electron chi connectivity index (χ0n) is 18.3. The fourth-order valence-corrected chi connectivity index (χ4v) is 3.87. The largest absolute Gasteiger partial charge is 0.480 e. The van der Waals surface area contributed by atoms with E-state index in [-0.39, 0.29) is 23.6 Å². The molecule has 3 rings (SSSR count). The summed E-state index contributed by atoms with van der Waals surface area (Å²) in [4.78, 5) is 41.0. The number of carboxylic acid groups (broad SMARTS) is 1. The highest BCUT2D eigenvalue weighted by atomic mass is 32.2. The van der Waals surface area contributed by atoms with Crippen LogP contribution >= 0.6 is 0 Å². The van der Waals surface area contributed by atoms with Crippen molar-refractivity contribution >= 4 is 33.3 Å². The lowest BCUT2D eigenvalue weighted by Crippen LogP contribution is -2.42. The number of rotatable bonds is 9. The van der Waals surface area contributed by atoms with Crippen molar-refractivity contribution in [2.24, 2.45) is 0 Å². The second-order valence-corrected chi connectivity index (χ2v) is 9.86. The molecule has 0 spiro atoms. The second-order valence-electron chi connectivity index (χ2n) is 7.61. The van der Waals surface area contributed by atoms with Crippen LogP contribution in [0.5, 0.6) is 0 Å². The number of aromatic nitrogens is 1. The Morgan fingerprint density at radius 3 is 2.35 bits per heavy atom. The Balaban J connectivity index is 1.90. The Morgan fingerprint density at radius 2 is 1.74 bits per heavy atom. The van der Waals surface area contributed by atoms with E-state index in [1.165, 1.54) is 18.3 Å². The molecule has 0 bridgehead atoms. The molecule has 0 aliphatic carbocycles. The van der Waals surface area contributed by atoms with E-state index >= 15 is 0 Å². The third-order valence-electron chi connectivity index (χ3n) is 4.91. The first kappa shape index (κ1) is 24.6. The highest BCUT2D eigenvalue weighted by Gasteiger charge is 2.24. The number of carbonyl (C=O) groups is 3. The molecule has 1 atom stereocenters. The number of carbonyl (C=O) groups excluding carboxylic acids is 2. The van der Waals surface area contributed by atoms with Crippen molar-refractivity contribution in [3.63, 3.8) is 0 Å².